The highest BCUT2D eigenvalue weighted by molar-refractivity contribution is 7.53. The highest BCUT2D eigenvalue weighted by atomic mass is 31.2. The van der Waals surface area contributed by atoms with Crippen LogP contribution < -0.4 is 0 Å². The van der Waals surface area contributed by atoms with Gasteiger partial charge >= 0.3 is 13.8 Å². The molecule has 0 aliphatic carbocycles. The zero-order chi connectivity index (χ0) is 10.7. The van der Waals surface area contributed by atoms with E-state index < -0.39 is 26.0 Å². The fourth-order valence-corrected chi connectivity index (χ4v) is 1.54. The molecule has 78 valence electrons. The second-order valence-electron chi connectivity index (χ2n) is 2.40. The lowest BCUT2D eigenvalue weighted by Crippen LogP contribution is -2.27. The maximum Gasteiger partial charge on any atom is 0.414 e. The van der Waals surface area contributed by atoms with Crippen LogP contribution in [0.25, 0.3) is 0 Å². The molecule has 2 atom stereocenters. The predicted molar refractivity (Wildman–Crippen MR) is 41.5 cm³/mol. The lowest BCUT2D eigenvalue weighted by molar-refractivity contribution is -0.190. The Bertz CT molecular complexity index is 226. The SMILES string of the molecule is C=CCP(=O)(O)OC(C)C(F)(F)F. The van der Waals surface area contributed by atoms with E-state index in [1.54, 1.807) is 0 Å². The number of rotatable bonds is 4. The van der Waals surface area contributed by atoms with Crippen LogP contribution >= 0.6 is 7.60 Å². The summed E-state index contributed by atoms with van der Waals surface area (Å²) in [5, 5.41) is 0. The number of halogens is 3. The first-order valence-electron chi connectivity index (χ1n) is 3.37. The van der Waals surface area contributed by atoms with Crippen LogP contribution in [-0.4, -0.2) is 23.3 Å². The molecule has 0 aromatic rings. The number of hydrogen-bond acceptors (Lipinski definition) is 2. The van der Waals surface area contributed by atoms with Crippen LogP contribution in [0.2, 0.25) is 0 Å². The van der Waals surface area contributed by atoms with E-state index in [-0.39, 0.29) is 0 Å². The smallest absolute Gasteiger partial charge is 0.324 e. The summed E-state index contributed by atoms with van der Waals surface area (Å²) >= 11 is 0. The third-order valence-corrected chi connectivity index (χ3v) is 2.51. The molecule has 1 N–H and O–H groups in total. The predicted octanol–water partition coefficient (Wildman–Crippen LogP) is 2.33. The van der Waals surface area contributed by atoms with Gasteiger partial charge in [0.25, 0.3) is 0 Å². The monoisotopic (exact) mass is 218 g/mol. The van der Waals surface area contributed by atoms with Gasteiger partial charge in [0.2, 0.25) is 0 Å². The Morgan fingerprint density at radius 3 is 2.46 bits per heavy atom. The molecular weight excluding hydrogens is 208 g/mol. The Hall–Kier alpha value is -0.320. The Kier molecular flexibility index (Phi) is 4.16. The van der Waals surface area contributed by atoms with Gasteiger partial charge in [-0.3, -0.25) is 9.09 Å². The summed E-state index contributed by atoms with van der Waals surface area (Å²) in [5.74, 6) is 0. The highest BCUT2D eigenvalue weighted by Gasteiger charge is 2.40. The highest BCUT2D eigenvalue weighted by Crippen LogP contribution is 2.45. The van der Waals surface area contributed by atoms with Crippen molar-refractivity contribution in [1.82, 2.24) is 0 Å². The van der Waals surface area contributed by atoms with Crippen LogP contribution in [-0.2, 0) is 9.09 Å². The molecule has 3 nitrogen and oxygen atoms in total. The summed E-state index contributed by atoms with van der Waals surface area (Å²) in [6.45, 7) is 3.79. The van der Waals surface area contributed by atoms with E-state index >= 15 is 0 Å². The van der Waals surface area contributed by atoms with Crippen molar-refractivity contribution in [3.63, 3.8) is 0 Å². The molecule has 0 heterocycles. The molecule has 0 aliphatic heterocycles. The molecule has 0 aliphatic rings. The van der Waals surface area contributed by atoms with E-state index in [1.807, 2.05) is 0 Å². The van der Waals surface area contributed by atoms with Crippen molar-refractivity contribution in [2.75, 3.05) is 6.16 Å². The summed E-state index contributed by atoms with van der Waals surface area (Å²) < 4.78 is 50.3. The van der Waals surface area contributed by atoms with Crippen LogP contribution in [0.3, 0.4) is 0 Å². The van der Waals surface area contributed by atoms with Gasteiger partial charge in [-0.1, -0.05) is 6.08 Å². The Labute approximate surface area is 73.7 Å². The zero-order valence-electron chi connectivity index (χ0n) is 6.91. The molecule has 0 aromatic carbocycles. The van der Waals surface area contributed by atoms with E-state index in [0.29, 0.717) is 6.92 Å². The van der Waals surface area contributed by atoms with Gasteiger partial charge in [0, 0.05) is 0 Å². The number of alkyl halides is 3. The first-order valence-corrected chi connectivity index (χ1v) is 5.13. The fraction of sp³-hybridized carbons (Fsp3) is 0.667. The molecule has 2 unspecified atom stereocenters. The minimum Gasteiger partial charge on any atom is -0.324 e. The minimum atomic E-state index is -4.63. The van der Waals surface area contributed by atoms with Crippen molar-refractivity contribution in [3.8, 4) is 0 Å². The van der Waals surface area contributed by atoms with Gasteiger partial charge in [0.15, 0.2) is 6.10 Å². The third kappa shape index (κ3) is 5.08. The Morgan fingerprint density at radius 1 is 1.69 bits per heavy atom. The van der Waals surface area contributed by atoms with E-state index in [9.17, 15) is 17.7 Å². The molecule has 13 heavy (non-hydrogen) atoms. The van der Waals surface area contributed by atoms with Crippen molar-refractivity contribution in [2.24, 2.45) is 0 Å². The van der Waals surface area contributed by atoms with Crippen LogP contribution in [0.15, 0.2) is 12.7 Å². The van der Waals surface area contributed by atoms with Crippen LogP contribution in [0.5, 0.6) is 0 Å². The summed E-state index contributed by atoms with van der Waals surface area (Å²) in [6.07, 6.45) is -6.33. The molecule has 7 heteroatoms. The van der Waals surface area contributed by atoms with Gasteiger partial charge in [0.05, 0.1) is 6.16 Å². The van der Waals surface area contributed by atoms with Crippen molar-refractivity contribution in [2.45, 2.75) is 19.2 Å². The van der Waals surface area contributed by atoms with E-state index in [1.165, 1.54) is 0 Å². The summed E-state index contributed by atoms with van der Waals surface area (Å²) in [7, 11) is -4.18. The lowest BCUT2D eigenvalue weighted by Gasteiger charge is -2.19. The van der Waals surface area contributed by atoms with Gasteiger partial charge in [-0.15, -0.1) is 6.58 Å². The lowest BCUT2D eigenvalue weighted by atomic mass is 10.4. The molecule has 0 aromatic heterocycles. The van der Waals surface area contributed by atoms with Crippen molar-refractivity contribution in [3.05, 3.63) is 12.7 Å². The summed E-state index contributed by atoms with van der Waals surface area (Å²) in [4.78, 5) is 8.81. The fourth-order valence-electron chi connectivity index (χ4n) is 0.513. The zero-order valence-corrected chi connectivity index (χ0v) is 7.81. The average Bonchev–Trinajstić information content (AvgIpc) is 1.83. The molecule has 0 saturated heterocycles. The molecule has 0 amide bonds. The van der Waals surface area contributed by atoms with Gasteiger partial charge in [-0.05, 0) is 6.92 Å². The minimum absolute atomic E-state index is 0.493. The van der Waals surface area contributed by atoms with E-state index in [4.69, 9.17) is 4.89 Å². The largest absolute Gasteiger partial charge is 0.414 e. The van der Waals surface area contributed by atoms with Crippen molar-refractivity contribution in [1.29, 1.82) is 0 Å². The molecule has 0 rings (SSSR count). The molecule has 0 spiro atoms. The maximum absolute atomic E-state index is 11.8. The van der Waals surface area contributed by atoms with E-state index in [2.05, 4.69) is 11.1 Å². The van der Waals surface area contributed by atoms with Gasteiger partial charge < -0.3 is 4.89 Å². The van der Waals surface area contributed by atoms with Crippen LogP contribution in [0, 0.1) is 0 Å². The Balaban J connectivity index is 4.28. The maximum atomic E-state index is 11.8. The van der Waals surface area contributed by atoms with Gasteiger partial charge in [0.1, 0.15) is 0 Å². The summed E-state index contributed by atoms with van der Waals surface area (Å²) in [6, 6.07) is 0. The quantitative estimate of drug-likeness (QED) is 0.581. The topological polar surface area (TPSA) is 46.5 Å². The standard InChI is InChI=1S/C6H10F3O3P/c1-3-4-13(10,11)12-5(2)6(7,8)9/h3,5H,1,4H2,2H3,(H,10,11). The second-order valence-corrected chi connectivity index (χ2v) is 4.25. The average molecular weight is 218 g/mol. The second kappa shape index (κ2) is 4.26. The third-order valence-electron chi connectivity index (χ3n) is 1.14. The Morgan fingerprint density at radius 2 is 2.15 bits per heavy atom. The molecule has 0 radical (unpaired) electrons. The van der Waals surface area contributed by atoms with Gasteiger partial charge in [-0.2, -0.15) is 13.2 Å². The first-order chi connectivity index (χ1) is 5.69. The normalized spacial score (nSPS) is 19.2. The molecule has 0 fully saturated rings. The number of allylic oxidation sites excluding steroid dienone is 1. The van der Waals surface area contributed by atoms with Gasteiger partial charge in [-0.25, -0.2) is 0 Å². The molecular formula is C6H10F3O3P. The van der Waals surface area contributed by atoms with Crippen molar-refractivity contribution < 1.29 is 27.2 Å². The van der Waals surface area contributed by atoms with Crippen molar-refractivity contribution >= 4 is 7.60 Å². The first kappa shape index (κ1) is 12.7. The molecule has 0 saturated carbocycles. The summed E-state index contributed by atoms with van der Waals surface area (Å²) in [5.41, 5.74) is 0. The van der Waals surface area contributed by atoms with Crippen LogP contribution in [0.1, 0.15) is 6.92 Å². The van der Waals surface area contributed by atoms with E-state index in [0.717, 1.165) is 6.08 Å². The van der Waals surface area contributed by atoms with Crippen LogP contribution in [0.4, 0.5) is 13.2 Å². The number of hydrogen-bond donors (Lipinski definition) is 1. The molecule has 0 bridgehead atoms.